The van der Waals surface area contributed by atoms with Gasteiger partial charge in [0, 0.05) is 0 Å². The van der Waals surface area contributed by atoms with Gasteiger partial charge >= 0.3 is 0 Å². The summed E-state index contributed by atoms with van der Waals surface area (Å²) in [6.45, 7) is 5.28. The van der Waals surface area contributed by atoms with Crippen LogP contribution in [0.25, 0.3) is 0 Å². The second-order valence-corrected chi connectivity index (χ2v) is 3.99. The molecule has 0 amide bonds. The van der Waals surface area contributed by atoms with Crippen LogP contribution in [0.3, 0.4) is 0 Å². The molecule has 2 unspecified atom stereocenters. The van der Waals surface area contributed by atoms with Crippen molar-refractivity contribution in [1.29, 1.82) is 0 Å². The molecule has 3 heteroatoms. The minimum absolute atomic E-state index is 0.384. The van der Waals surface area contributed by atoms with Crippen LogP contribution in [0, 0.1) is 5.92 Å². The highest BCUT2D eigenvalue weighted by Gasteiger charge is 2.29. The molecule has 0 radical (unpaired) electrons. The summed E-state index contributed by atoms with van der Waals surface area (Å²) in [5.74, 6) is 0.502. The van der Waals surface area contributed by atoms with Gasteiger partial charge in [0.15, 0.2) is 0 Å². The molecule has 2 atom stereocenters. The maximum absolute atomic E-state index is 9.62. The summed E-state index contributed by atoms with van der Waals surface area (Å²) in [7, 11) is 0. The van der Waals surface area contributed by atoms with E-state index in [0.717, 1.165) is 6.42 Å². The van der Waals surface area contributed by atoms with Crippen LogP contribution in [0.4, 0.5) is 0 Å². The van der Waals surface area contributed by atoms with E-state index in [1.165, 1.54) is 0 Å². The Balaban J connectivity index is 3.86. The Kier molecular flexibility index (Phi) is 4.75. The monoisotopic (exact) mass is 176 g/mol. The smallest absolute Gasteiger partial charge is 0.105 e. The largest absolute Gasteiger partial charge is 0.394 e. The van der Waals surface area contributed by atoms with Crippen LogP contribution in [-0.4, -0.2) is 33.6 Å². The topological polar surface area (TPSA) is 60.7 Å². The van der Waals surface area contributed by atoms with Crippen LogP contribution in [0.15, 0.2) is 0 Å². The lowest BCUT2D eigenvalue weighted by Gasteiger charge is -2.28. The Morgan fingerprint density at radius 2 is 1.83 bits per heavy atom. The van der Waals surface area contributed by atoms with E-state index in [1.807, 2.05) is 0 Å². The van der Waals surface area contributed by atoms with Crippen LogP contribution in [-0.2, 0) is 0 Å². The minimum atomic E-state index is -1.15. The Bertz CT molecular complexity index is 121. The van der Waals surface area contributed by atoms with Gasteiger partial charge in [-0.15, -0.1) is 0 Å². The minimum Gasteiger partial charge on any atom is -0.394 e. The van der Waals surface area contributed by atoms with Gasteiger partial charge in [0.05, 0.1) is 12.2 Å². The second-order valence-electron chi connectivity index (χ2n) is 3.99. The SMILES string of the molecule is CC(C)CCC(C)(O)C(O)CO. The highest BCUT2D eigenvalue weighted by molar-refractivity contribution is 4.81. The number of hydrogen-bond acceptors (Lipinski definition) is 3. The number of aliphatic hydroxyl groups excluding tert-OH is 2. The summed E-state index contributed by atoms with van der Waals surface area (Å²) >= 11 is 0. The molecule has 0 saturated heterocycles. The highest BCUT2D eigenvalue weighted by atomic mass is 16.4. The van der Waals surface area contributed by atoms with Gasteiger partial charge in [-0.2, -0.15) is 0 Å². The maximum Gasteiger partial charge on any atom is 0.105 e. The van der Waals surface area contributed by atoms with Gasteiger partial charge in [0.25, 0.3) is 0 Å². The van der Waals surface area contributed by atoms with Gasteiger partial charge < -0.3 is 15.3 Å². The average Bonchev–Trinajstić information content (AvgIpc) is 1.99. The third kappa shape index (κ3) is 4.04. The van der Waals surface area contributed by atoms with Gasteiger partial charge in [0.1, 0.15) is 6.10 Å². The first-order valence-electron chi connectivity index (χ1n) is 4.41. The normalized spacial score (nSPS) is 19.2. The van der Waals surface area contributed by atoms with Gasteiger partial charge in [-0.25, -0.2) is 0 Å². The van der Waals surface area contributed by atoms with Crippen molar-refractivity contribution in [3.05, 3.63) is 0 Å². The molecule has 3 N–H and O–H groups in total. The van der Waals surface area contributed by atoms with Crippen molar-refractivity contribution in [2.45, 2.75) is 45.3 Å². The summed E-state index contributed by atoms with van der Waals surface area (Å²) < 4.78 is 0. The Morgan fingerprint density at radius 1 is 1.33 bits per heavy atom. The predicted molar refractivity (Wildman–Crippen MR) is 47.8 cm³/mol. The lowest BCUT2D eigenvalue weighted by molar-refractivity contribution is -0.0893. The van der Waals surface area contributed by atoms with Crippen LogP contribution in [0.5, 0.6) is 0 Å². The lowest BCUT2D eigenvalue weighted by Crippen LogP contribution is -2.41. The molecule has 0 bridgehead atoms. The average molecular weight is 176 g/mol. The van der Waals surface area contributed by atoms with Crippen molar-refractivity contribution in [1.82, 2.24) is 0 Å². The summed E-state index contributed by atoms with van der Waals surface area (Å²) in [5.41, 5.74) is -1.15. The van der Waals surface area contributed by atoms with Gasteiger partial charge in [0.2, 0.25) is 0 Å². The van der Waals surface area contributed by atoms with E-state index in [-0.39, 0.29) is 6.61 Å². The van der Waals surface area contributed by atoms with Crippen molar-refractivity contribution in [3.8, 4) is 0 Å². The first-order valence-corrected chi connectivity index (χ1v) is 4.41. The van der Waals surface area contributed by atoms with Crippen molar-refractivity contribution in [3.63, 3.8) is 0 Å². The summed E-state index contributed by atoms with van der Waals surface area (Å²) in [4.78, 5) is 0. The highest BCUT2D eigenvalue weighted by Crippen LogP contribution is 2.19. The van der Waals surface area contributed by atoms with Crippen LogP contribution in [0.2, 0.25) is 0 Å². The van der Waals surface area contributed by atoms with Crippen molar-refractivity contribution >= 4 is 0 Å². The Labute approximate surface area is 74.0 Å². The molecular weight excluding hydrogens is 156 g/mol. The van der Waals surface area contributed by atoms with E-state index in [0.29, 0.717) is 12.3 Å². The third-order valence-corrected chi connectivity index (χ3v) is 2.12. The quantitative estimate of drug-likeness (QED) is 0.572. The second kappa shape index (κ2) is 4.80. The standard InChI is InChI=1S/C9H20O3/c1-7(2)4-5-9(3,12)8(11)6-10/h7-8,10-12H,4-6H2,1-3H3. The molecule has 0 aliphatic rings. The van der Waals surface area contributed by atoms with Gasteiger partial charge in [-0.1, -0.05) is 13.8 Å². The molecule has 0 aliphatic carbocycles. The molecule has 74 valence electrons. The van der Waals surface area contributed by atoms with Crippen LogP contribution < -0.4 is 0 Å². The third-order valence-electron chi connectivity index (χ3n) is 2.12. The van der Waals surface area contributed by atoms with E-state index in [1.54, 1.807) is 6.92 Å². The van der Waals surface area contributed by atoms with Gasteiger partial charge in [-0.05, 0) is 25.7 Å². The number of hydrogen-bond donors (Lipinski definition) is 3. The molecule has 0 aromatic carbocycles. The van der Waals surface area contributed by atoms with Crippen LogP contribution >= 0.6 is 0 Å². The molecule has 0 aromatic heterocycles. The molecule has 0 fully saturated rings. The maximum atomic E-state index is 9.62. The lowest BCUT2D eigenvalue weighted by atomic mass is 9.91. The fourth-order valence-corrected chi connectivity index (χ4v) is 0.944. The van der Waals surface area contributed by atoms with E-state index < -0.39 is 11.7 Å². The molecule has 0 aromatic rings. The molecule has 0 saturated carbocycles. The molecule has 0 aliphatic heterocycles. The Hall–Kier alpha value is -0.120. The molecule has 12 heavy (non-hydrogen) atoms. The first kappa shape index (κ1) is 11.9. The number of aliphatic hydroxyl groups is 3. The van der Waals surface area contributed by atoms with E-state index in [2.05, 4.69) is 13.8 Å². The zero-order valence-electron chi connectivity index (χ0n) is 8.12. The summed E-state index contributed by atoms with van der Waals surface area (Å²) in [5, 5.41) is 27.4. The predicted octanol–water partition coefficient (Wildman–Crippen LogP) is 0.527. The van der Waals surface area contributed by atoms with Crippen LogP contribution in [0.1, 0.15) is 33.6 Å². The van der Waals surface area contributed by atoms with E-state index in [4.69, 9.17) is 5.11 Å². The van der Waals surface area contributed by atoms with E-state index >= 15 is 0 Å². The molecule has 3 nitrogen and oxygen atoms in total. The van der Waals surface area contributed by atoms with Crippen molar-refractivity contribution in [2.24, 2.45) is 5.92 Å². The number of rotatable bonds is 5. The zero-order valence-corrected chi connectivity index (χ0v) is 8.12. The van der Waals surface area contributed by atoms with Crippen molar-refractivity contribution in [2.75, 3.05) is 6.61 Å². The molecule has 0 heterocycles. The van der Waals surface area contributed by atoms with Crippen molar-refractivity contribution < 1.29 is 15.3 Å². The fraction of sp³-hybridized carbons (Fsp3) is 1.00. The van der Waals surface area contributed by atoms with Gasteiger partial charge in [-0.3, -0.25) is 0 Å². The fourth-order valence-electron chi connectivity index (χ4n) is 0.944. The molecule has 0 rings (SSSR count). The summed E-state index contributed by atoms with van der Waals surface area (Å²) in [6, 6.07) is 0. The van der Waals surface area contributed by atoms with E-state index in [9.17, 15) is 10.2 Å². The molecular formula is C9H20O3. The molecule has 0 spiro atoms. The first-order chi connectivity index (χ1) is 5.40. The zero-order chi connectivity index (χ0) is 9.78. The Morgan fingerprint density at radius 3 is 2.17 bits per heavy atom. The summed E-state index contributed by atoms with van der Waals surface area (Å²) in [6.07, 6.45) is 0.340.